The van der Waals surface area contributed by atoms with Gasteiger partial charge in [0.15, 0.2) is 5.11 Å². The molecule has 6 nitrogen and oxygen atoms in total. The second kappa shape index (κ2) is 10.2. The van der Waals surface area contributed by atoms with Crippen molar-refractivity contribution in [2.45, 2.75) is 33.2 Å². The van der Waals surface area contributed by atoms with Crippen molar-refractivity contribution in [2.75, 3.05) is 13.2 Å². The summed E-state index contributed by atoms with van der Waals surface area (Å²) in [5.41, 5.74) is 4.91. The number of thiocarbonyl (C=S) groups is 1. The van der Waals surface area contributed by atoms with Crippen LogP contribution in [0.4, 0.5) is 0 Å². The van der Waals surface area contributed by atoms with Crippen LogP contribution < -0.4 is 10.6 Å². The van der Waals surface area contributed by atoms with Crippen LogP contribution in [0.15, 0.2) is 59.8 Å². The summed E-state index contributed by atoms with van der Waals surface area (Å²) in [6.45, 7) is 6.04. The number of nitrogens with one attached hydrogen (secondary N) is 2. The highest BCUT2D eigenvalue weighted by Crippen LogP contribution is 2.30. The maximum absolute atomic E-state index is 12.5. The Balaban J connectivity index is 1.91. The first-order valence-corrected chi connectivity index (χ1v) is 10.6. The first-order valence-electron chi connectivity index (χ1n) is 10.2. The summed E-state index contributed by atoms with van der Waals surface area (Å²) in [5, 5.41) is 6.62. The second-order valence-electron chi connectivity index (χ2n) is 7.05. The number of rotatable bonds is 7. The fourth-order valence-electron chi connectivity index (χ4n) is 3.60. The average molecular weight is 439 g/mol. The molecule has 2 aromatic carbocycles. The van der Waals surface area contributed by atoms with E-state index in [-0.39, 0.29) is 18.4 Å². The van der Waals surface area contributed by atoms with Crippen LogP contribution in [0.3, 0.4) is 0 Å². The summed E-state index contributed by atoms with van der Waals surface area (Å²) in [6.07, 6.45) is 0.213. The van der Waals surface area contributed by atoms with Gasteiger partial charge in [0.05, 0.1) is 31.2 Å². The normalized spacial score (nSPS) is 15.7. The van der Waals surface area contributed by atoms with E-state index in [1.54, 1.807) is 13.8 Å². The Kier molecular flexibility index (Phi) is 7.41. The molecule has 2 aromatic rings. The number of carbonyl (C=O) groups is 2. The van der Waals surface area contributed by atoms with Gasteiger partial charge < -0.3 is 20.1 Å². The van der Waals surface area contributed by atoms with Crippen LogP contribution in [-0.2, 0) is 25.5 Å². The highest BCUT2D eigenvalue weighted by molar-refractivity contribution is 7.80. The molecule has 7 heteroatoms. The summed E-state index contributed by atoms with van der Waals surface area (Å²) in [7, 11) is 0. The lowest BCUT2D eigenvalue weighted by Gasteiger charge is -2.30. The van der Waals surface area contributed by atoms with Crippen LogP contribution in [0.1, 0.15) is 37.9 Å². The van der Waals surface area contributed by atoms with E-state index >= 15 is 0 Å². The third-order valence-corrected chi connectivity index (χ3v) is 5.20. The quantitative estimate of drug-likeness (QED) is 0.503. The molecule has 1 heterocycles. The van der Waals surface area contributed by atoms with Crippen molar-refractivity contribution in [1.82, 2.24) is 10.6 Å². The molecule has 1 aliphatic rings. The predicted molar refractivity (Wildman–Crippen MR) is 123 cm³/mol. The van der Waals surface area contributed by atoms with Crippen LogP contribution in [0, 0.1) is 0 Å². The van der Waals surface area contributed by atoms with Crippen molar-refractivity contribution in [3.05, 3.63) is 70.9 Å². The molecular formula is C24H26N2O4S. The summed E-state index contributed by atoms with van der Waals surface area (Å²) < 4.78 is 10.3. The summed E-state index contributed by atoms with van der Waals surface area (Å²) in [5.74, 6) is -0.630. The monoisotopic (exact) mass is 438 g/mol. The van der Waals surface area contributed by atoms with E-state index in [0.29, 0.717) is 29.6 Å². The lowest BCUT2D eigenvalue weighted by Crippen LogP contribution is -2.45. The molecule has 0 bridgehead atoms. The highest BCUT2D eigenvalue weighted by atomic mass is 32.1. The molecule has 0 aliphatic carbocycles. The minimum atomic E-state index is -0.406. The second-order valence-corrected chi connectivity index (χ2v) is 7.46. The van der Waals surface area contributed by atoms with E-state index in [9.17, 15) is 9.59 Å². The van der Waals surface area contributed by atoms with Gasteiger partial charge in [0.2, 0.25) is 0 Å². The topological polar surface area (TPSA) is 76.7 Å². The van der Waals surface area contributed by atoms with Crippen molar-refractivity contribution in [2.24, 2.45) is 0 Å². The number of hydrogen-bond donors (Lipinski definition) is 2. The number of benzene rings is 2. The van der Waals surface area contributed by atoms with Gasteiger partial charge in [-0.15, -0.1) is 0 Å². The van der Waals surface area contributed by atoms with E-state index in [1.807, 2.05) is 55.5 Å². The molecule has 0 saturated carbocycles. The largest absolute Gasteiger partial charge is 0.466 e. The molecule has 2 N–H and O–H groups in total. The molecule has 1 atom stereocenters. The van der Waals surface area contributed by atoms with Crippen LogP contribution in [0.5, 0.6) is 0 Å². The van der Waals surface area contributed by atoms with Gasteiger partial charge in [-0.3, -0.25) is 4.79 Å². The molecule has 1 unspecified atom stereocenters. The smallest absolute Gasteiger partial charge is 0.338 e. The molecule has 162 valence electrons. The van der Waals surface area contributed by atoms with Gasteiger partial charge in [0.25, 0.3) is 0 Å². The molecule has 31 heavy (non-hydrogen) atoms. The third kappa shape index (κ3) is 5.30. The van der Waals surface area contributed by atoms with E-state index in [1.165, 1.54) is 0 Å². The van der Waals surface area contributed by atoms with Gasteiger partial charge in [-0.05, 0) is 55.2 Å². The van der Waals surface area contributed by atoms with E-state index in [0.717, 1.165) is 22.3 Å². The van der Waals surface area contributed by atoms with Crippen LogP contribution in [0.25, 0.3) is 11.1 Å². The van der Waals surface area contributed by atoms with Crippen molar-refractivity contribution >= 4 is 29.3 Å². The SMILES string of the molecule is CCOC(=O)Cc1ccccc1-c1ccc(C2NC(=S)NC(C)=C2C(=O)OCC)cc1. The van der Waals surface area contributed by atoms with Crippen LogP contribution in [0.2, 0.25) is 0 Å². The molecule has 0 aromatic heterocycles. The zero-order valence-electron chi connectivity index (χ0n) is 17.9. The molecule has 3 rings (SSSR count). The number of allylic oxidation sites excluding steroid dienone is 1. The van der Waals surface area contributed by atoms with Gasteiger partial charge >= 0.3 is 11.9 Å². The molecule has 0 fully saturated rings. The Labute approximate surface area is 187 Å². The van der Waals surface area contributed by atoms with Crippen molar-refractivity contribution in [1.29, 1.82) is 0 Å². The number of ether oxygens (including phenoxy) is 2. The lowest BCUT2D eigenvalue weighted by atomic mass is 9.92. The Morgan fingerprint density at radius 3 is 2.35 bits per heavy atom. The molecule has 0 radical (unpaired) electrons. The van der Waals surface area contributed by atoms with E-state index < -0.39 is 6.04 Å². The Morgan fingerprint density at radius 2 is 1.68 bits per heavy atom. The van der Waals surface area contributed by atoms with Crippen molar-refractivity contribution in [3.8, 4) is 11.1 Å². The minimum absolute atomic E-state index is 0.213. The summed E-state index contributed by atoms with van der Waals surface area (Å²) in [4.78, 5) is 24.5. The predicted octanol–water partition coefficient (Wildman–Crippen LogP) is 3.82. The summed E-state index contributed by atoms with van der Waals surface area (Å²) in [6, 6.07) is 15.2. The zero-order chi connectivity index (χ0) is 22.4. The average Bonchev–Trinajstić information content (AvgIpc) is 2.74. The third-order valence-electron chi connectivity index (χ3n) is 4.98. The van der Waals surface area contributed by atoms with Gasteiger partial charge in [-0.25, -0.2) is 4.79 Å². The fraction of sp³-hybridized carbons (Fsp3) is 0.292. The van der Waals surface area contributed by atoms with Crippen LogP contribution >= 0.6 is 12.2 Å². The van der Waals surface area contributed by atoms with Crippen molar-refractivity contribution < 1.29 is 19.1 Å². The zero-order valence-corrected chi connectivity index (χ0v) is 18.7. The highest BCUT2D eigenvalue weighted by Gasteiger charge is 2.30. The molecule has 0 saturated heterocycles. The van der Waals surface area contributed by atoms with Gasteiger partial charge in [0.1, 0.15) is 0 Å². The number of hydrogen-bond acceptors (Lipinski definition) is 5. The standard InChI is InChI=1S/C24H26N2O4S/c1-4-29-20(27)14-18-8-6-7-9-19(18)16-10-12-17(13-11-16)22-21(23(28)30-5-2)15(3)25-24(31)26-22/h6-13,22H,4-5,14H2,1-3H3,(H2,25,26,31). The fourth-order valence-corrected chi connectivity index (χ4v) is 3.87. The minimum Gasteiger partial charge on any atom is -0.466 e. The van der Waals surface area contributed by atoms with Gasteiger partial charge in [-0.2, -0.15) is 0 Å². The van der Waals surface area contributed by atoms with E-state index in [4.69, 9.17) is 21.7 Å². The lowest BCUT2D eigenvalue weighted by molar-refractivity contribution is -0.142. The molecule has 0 spiro atoms. The molecule has 0 amide bonds. The number of esters is 2. The first-order chi connectivity index (χ1) is 14.9. The molecular weight excluding hydrogens is 412 g/mol. The molecule has 1 aliphatic heterocycles. The van der Waals surface area contributed by atoms with Gasteiger partial charge in [-0.1, -0.05) is 48.5 Å². The Morgan fingerprint density at radius 1 is 1.00 bits per heavy atom. The van der Waals surface area contributed by atoms with Crippen LogP contribution in [-0.4, -0.2) is 30.3 Å². The van der Waals surface area contributed by atoms with Crippen molar-refractivity contribution in [3.63, 3.8) is 0 Å². The Bertz CT molecular complexity index is 1010. The first kappa shape index (κ1) is 22.5. The van der Waals surface area contributed by atoms with E-state index in [2.05, 4.69) is 10.6 Å². The Hall–Kier alpha value is -3.19. The number of carbonyl (C=O) groups excluding carboxylic acids is 2. The summed E-state index contributed by atoms with van der Waals surface area (Å²) >= 11 is 5.29. The maximum atomic E-state index is 12.5. The maximum Gasteiger partial charge on any atom is 0.338 e. The van der Waals surface area contributed by atoms with Gasteiger partial charge in [0, 0.05) is 5.70 Å².